The number of amides is 1. The summed E-state index contributed by atoms with van der Waals surface area (Å²) >= 11 is 0. The minimum atomic E-state index is -0.691. The molecular formula is C21H34N2O4. The van der Waals surface area contributed by atoms with Crippen LogP contribution in [0.25, 0.3) is 0 Å². The Balaban J connectivity index is 2.09. The summed E-state index contributed by atoms with van der Waals surface area (Å²) in [5.41, 5.74) is 7.02. The Labute approximate surface area is 162 Å². The maximum absolute atomic E-state index is 12.9. The second kappa shape index (κ2) is 10.5. The summed E-state index contributed by atoms with van der Waals surface area (Å²) in [6, 6.07) is 4.92. The molecule has 0 spiro atoms. The molecule has 1 aromatic rings. The third-order valence-corrected chi connectivity index (χ3v) is 5.02. The highest BCUT2D eigenvalue weighted by molar-refractivity contribution is 5.95. The second-order valence-electron chi connectivity index (χ2n) is 7.60. The van der Waals surface area contributed by atoms with E-state index in [9.17, 15) is 4.79 Å². The Kier molecular flexibility index (Phi) is 8.38. The van der Waals surface area contributed by atoms with Crippen molar-refractivity contribution in [2.75, 3.05) is 19.5 Å². The van der Waals surface area contributed by atoms with E-state index in [-0.39, 0.29) is 18.1 Å². The first kappa shape index (κ1) is 21.5. The Morgan fingerprint density at radius 1 is 1.11 bits per heavy atom. The number of anilines is 1. The number of hydrogen-bond acceptors (Lipinski definition) is 5. The third-order valence-electron chi connectivity index (χ3n) is 5.02. The summed E-state index contributed by atoms with van der Waals surface area (Å²) in [4.78, 5) is 12.9. The van der Waals surface area contributed by atoms with Gasteiger partial charge in [-0.05, 0) is 26.2 Å². The smallest absolute Gasteiger partial charge is 0.255 e. The molecule has 6 heteroatoms. The Morgan fingerprint density at radius 2 is 1.70 bits per heavy atom. The van der Waals surface area contributed by atoms with Gasteiger partial charge in [-0.25, -0.2) is 0 Å². The van der Waals surface area contributed by atoms with Crippen molar-refractivity contribution in [3.8, 4) is 11.5 Å². The van der Waals surface area contributed by atoms with Crippen molar-refractivity contribution in [2.45, 2.75) is 70.6 Å². The number of nitrogens with two attached hydrogens (primary N) is 1. The highest BCUT2D eigenvalue weighted by Gasteiger charge is 2.30. The van der Waals surface area contributed by atoms with E-state index < -0.39 is 6.10 Å². The lowest BCUT2D eigenvalue weighted by Gasteiger charge is -2.30. The molecule has 0 aliphatic heterocycles. The van der Waals surface area contributed by atoms with E-state index in [1.165, 1.54) is 32.1 Å². The second-order valence-corrected chi connectivity index (χ2v) is 7.60. The third kappa shape index (κ3) is 6.70. The Morgan fingerprint density at radius 3 is 2.22 bits per heavy atom. The van der Waals surface area contributed by atoms with Gasteiger partial charge in [-0.15, -0.1) is 0 Å². The molecule has 0 bridgehead atoms. The molecule has 6 nitrogen and oxygen atoms in total. The van der Waals surface area contributed by atoms with Crippen molar-refractivity contribution >= 4 is 11.6 Å². The summed E-state index contributed by atoms with van der Waals surface area (Å²) < 4.78 is 16.4. The van der Waals surface area contributed by atoms with Gasteiger partial charge in [-0.3, -0.25) is 4.79 Å². The van der Waals surface area contributed by atoms with Gasteiger partial charge in [0.05, 0.1) is 20.3 Å². The fourth-order valence-corrected chi connectivity index (χ4v) is 3.67. The number of methoxy groups -OCH3 is 2. The Bertz CT molecular complexity index is 578. The molecule has 1 aliphatic carbocycles. The zero-order chi connectivity index (χ0) is 19.8. The summed E-state index contributed by atoms with van der Waals surface area (Å²) in [6.07, 6.45) is 6.23. The van der Waals surface area contributed by atoms with Crippen LogP contribution < -0.4 is 20.5 Å². The van der Waals surface area contributed by atoms with Crippen LogP contribution in [0.3, 0.4) is 0 Å². The van der Waals surface area contributed by atoms with Crippen molar-refractivity contribution in [3.05, 3.63) is 18.2 Å². The molecule has 2 unspecified atom stereocenters. The highest BCUT2D eigenvalue weighted by Crippen LogP contribution is 2.29. The van der Waals surface area contributed by atoms with Gasteiger partial charge in [0.1, 0.15) is 11.5 Å². The fraction of sp³-hybridized carbons (Fsp3) is 0.667. The van der Waals surface area contributed by atoms with Gasteiger partial charge in [0.25, 0.3) is 5.91 Å². The molecule has 1 fully saturated rings. The number of hydrogen-bond donors (Lipinski definition) is 2. The lowest BCUT2D eigenvalue weighted by Crippen LogP contribution is -2.47. The highest BCUT2D eigenvalue weighted by atomic mass is 16.5. The molecule has 2 rings (SSSR count). The predicted molar refractivity (Wildman–Crippen MR) is 107 cm³/mol. The number of carbonyl (C=O) groups excluding carboxylic acids is 1. The van der Waals surface area contributed by atoms with Crippen LogP contribution >= 0.6 is 0 Å². The van der Waals surface area contributed by atoms with Crippen LogP contribution in [0.1, 0.15) is 52.4 Å². The Hall–Kier alpha value is -1.79. The molecule has 1 aliphatic rings. The van der Waals surface area contributed by atoms with Crippen LogP contribution in [0.5, 0.6) is 11.5 Å². The monoisotopic (exact) mass is 378 g/mol. The zero-order valence-electron chi connectivity index (χ0n) is 17.0. The first-order chi connectivity index (χ1) is 12.9. The minimum Gasteiger partial charge on any atom is -0.497 e. The fourth-order valence-electron chi connectivity index (χ4n) is 3.67. The standard InChI is InChI=1S/C21H34N2O4/c1-14(2)27-20(19(22)10-15-8-6-5-7-9-15)21(24)23-16-11-17(25-3)13-18(12-16)26-4/h11-15,19-20H,5-10,22H2,1-4H3,(H,23,24). The SMILES string of the molecule is COc1cc(NC(=O)C(OC(C)C)C(N)CC2CCCCC2)cc(OC)c1. The van der Waals surface area contributed by atoms with Crippen molar-refractivity contribution in [2.24, 2.45) is 11.7 Å². The molecule has 152 valence electrons. The van der Waals surface area contributed by atoms with Crippen LogP contribution in [-0.4, -0.2) is 38.4 Å². The lowest BCUT2D eigenvalue weighted by molar-refractivity contribution is -0.132. The molecule has 0 saturated heterocycles. The van der Waals surface area contributed by atoms with Crippen molar-refractivity contribution in [1.82, 2.24) is 0 Å². The first-order valence-corrected chi connectivity index (χ1v) is 9.88. The van der Waals surface area contributed by atoms with E-state index in [0.717, 1.165) is 6.42 Å². The molecule has 0 aromatic heterocycles. The maximum Gasteiger partial charge on any atom is 0.255 e. The number of carbonyl (C=O) groups is 1. The van der Waals surface area contributed by atoms with Gasteiger partial charge in [0.15, 0.2) is 6.10 Å². The summed E-state index contributed by atoms with van der Waals surface area (Å²) in [5.74, 6) is 1.56. The van der Waals surface area contributed by atoms with Gasteiger partial charge in [0, 0.05) is 29.9 Å². The minimum absolute atomic E-state index is 0.0852. The summed E-state index contributed by atoms with van der Waals surface area (Å²) in [6.45, 7) is 3.84. The first-order valence-electron chi connectivity index (χ1n) is 9.88. The number of benzene rings is 1. The van der Waals surface area contributed by atoms with E-state index >= 15 is 0 Å². The topological polar surface area (TPSA) is 82.8 Å². The quantitative estimate of drug-likeness (QED) is 0.684. The number of nitrogens with one attached hydrogen (secondary N) is 1. The van der Waals surface area contributed by atoms with Crippen LogP contribution in [-0.2, 0) is 9.53 Å². The summed E-state index contributed by atoms with van der Waals surface area (Å²) in [5, 5.41) is 2.91. The van der Waals surface area contributed by atoms with E-state index in [0.29, 0.717) is 23.1 Å². The van der Waals surface area contributed by atoms with E-state index in [4.69, 9.17) is 19.9 Å². The van der Waals surface area contributed by atoms with Crippen LogP contribution in [0.15, 0.2) is 18.2 Å². The van der Waals surface area contributed by atoms with Gasteiger partial charge < -0.3 is 25.3 Å². The molecule has 0 radical (unpaired) electrons. The van der Waals surface area contributed by atoms with Crippen molar-refractivity contribution in [3.63, 3.8) is 0 Å². The molecule has 3 N–H and O–H groups in total. The molecular weight excluding hydrogens is 344 g/mol. The average Bonchev–Trinajstić information content (AvgIpc) is 2.66. The van der Waals surface area contributed by atoms with Crippen LogP contribution in [0.4, 0.5) is 5.69 Å². The predicted octanol–water partition coefficient (Wildman–Crippen LogP) is 3.73. The van der Waals surface area contributed by atoms with E-state index in [1.54, 1.807) is 32.4 Å². The summed E-state index contributed by atoms with van der Waals surface area (Å²) in [7, 11) is 3.15. The lowest BCUT2D eigenvalue weighted by atomic mass is 9.84. The molecule has 1 aromatic carbocycles. The van der Waals surface area contributed by atoms with Crippen LogP contribution in [0, 0.1) is 5.92 Å². The van der Waals surface area contributed by atoms with Crippen molar-refractivity contribution < 1.29 is 19.0 Å². The molecule has 2 atom stereocenters. The molecule has 27 heavy (non-hydrogen) atoms. The maximum atomic E-state index is 12.9. The van der Waals surface area contributed by atoms with Gasteiger partial charge in [-0.1, -0.05) is 32.1 Å². The van der Waals surface area contributed by atoms with Gasteiger partial charge in [0.2, 0.25) is 0 Å². The van der Waals surface area contributed by atoms with E-state index in [1.807, 2.05) is 13.8 Å². The van der Waals surface area contributed by atoms with E-state index in [2.05, 4.69) is 5.32 Å². The largest absolute Gasteiger partial charge is 0.497 e. The van der Waals surface area contributed by atoms with Crippen molar-refractivity contribution in [1.29, 1.82) is 0 Å². The molecule has 0 heterocycles. The van der Waals surface area contributed by atoms with Gasteiger partial charge in [-0.2, -0.15) is 0 Å². The molecule has 1 amide bonds. The number of ether oxygens (including phenoxy) is 3. The average molecular weight is 379 g/mol. The van der Waals surface area contributed by atoms with Crippen LogP contribution in [0.2, 0.25) is 0 Å². The zero-order valence-corrected chi connectivity index (χ0v) is 17.0. The number of rotatable bonds is 9. The molecule has 1 saturated carbocycles. The normalized spacial score (nSPS) is 17.4. The van der Waals surface area contributed by atoms with Gasteiger partial charge >= 0.3 is 0 Å².